The Balaban J connectivity index is 2.05. The molecule has 6 heteroatoms. The fraction of sp³-hybridized carbons (Fsp3) is 0.391. The predicted octanol–water partition coefficient (Wildman–Crippen LogP) is 4.76. The van der Waals surface area contributed by atoms with Crippen LogP contribution < -0.4 is 5.32 Å². The third-order valence-electron chi connectivity index (χ3n) is 4.43. The van der Waals surface area contributed by atoms with Crippen molar-refractivity contribution in [2.45, 2.75) is 39.1 Å². The number of nitrogens with zero attached hydrogens (tertiary/aromatic N) is 1. The van der Waals surface area contributed by atoms with Crippen LogP contribution in [0.25, 0.3) is 0 Å². The Kier molecular flexibility index (Phi) is 9.55. The fourth-order valence-corrected chi connectivity index (χ4v) is 3.86. The van der Waals surface area contributed by atoms with E-state index in [9.17, 15) is 9.59 Å². The molecule has 2 rings (SSSR count). The zero-order chi connectivity index (χ0) is 21.2. The summed E-state index contributed by atoms with van der Waals surface area (Å²) in [5, 5.41) is 3.55. The van der Waals surface area contributed by atoms with E-state index in [1.165, 1.54) is 5.56 Å². The molecule has 0 aliphatic rings. The first-order chi connectivity index (χ1) is 13.9. The fourth-order valence-electron chi connectivity index (χ4n) is 2.78. The van der Waals surface area contributed by atoms with Gasteiger partial charge < -0.3 is 10.2 Å². The Morgan fingerprint density at radius 1 is 1.03 bits per heavy atom. The van der Waals surface area contributed by atoms with E-state index in [1.54, 1.807) is 29.7 Å². The summed E-state index contributed by atoms with van der Waals surface area (Å²) < 4.78 is 0. The Labute approximate surface area is 183 Å². The van der Waals surface area contributed by atoms with E-state index in [4.69, 9.17) is 11.6 Å². The molecular formula is C23H29ClN2O2S. The molecule has 4 nitrogen and oxygen atoms in total. The molecule has 1 atom stereocenters. The lowest BCUT2D eigenvalue weighted by molar-refractivity contribution is -0.138. The maximum absolute atomic E-state index is 13.0. The molecule has 0 heterocycles. The number of benzene rings is 2. The molecule has 0 unspecified atom stereocenters. The van der Waals surface area contributed by atoms with Crippen LogP contribution in [0.15, 0.2) is 54.6 Å². The van der Waals surface area contributed by atoms with Gasteiger partial charge in [-0.25, -0.2) is 0 Å². The van der Waals surface area contributed by atoms with E-state index in [-0.39, 0.29) is 11.8 Å². The quantitative estimate of drug-likeness (QED) is 0.588. The molecule has 0 aliphatic carbocycles. The number of nitrogens with one attached hydrogen (secondary N) is 1. The Bertz CT molecular complexity index is 798. The first-order valence-corrected chi connectivity index (χ1v) is 11.3. The van der Waals surface area contributed by atoms with Gasteiger partial charge in [0.05, 0.1) is 5.75 Å². The van der Waals surface area contributed by atoms with Gasteiger partial charge in [0.25, 0.3) is 0 Å². The second-order valence-corrected chi connectivity index (χ2v) is 8.87. The van der Waals surface area contributed by atoms with Gasteiger partial charge in [0.1, 0.15) is 6.04 Å². The van der Waals surface area contributed by atoms with Crippen LogP contribution in [0.1, 0.15) is 31.9 Å². The Morgan fingerprint density at radius 3 is 2.38 bits per heavy atom. The maximum atomic E-state index is 13.0. The summed E-state index contributed by atoms with van der Waals surface area (Å²) >= 11 is 7.65. The minimum atomic E-state index is -0.558. The van der Waals surface area contributed by atoms with Gasteiger partial charge in [-0.15, -0.1) is 11.8 Å². The van der Waals surface area contributed by atoms with Crippen molar-refractivity contribution < 1.29 is 9.59 Å². The molecule has 0 radical (unpaired) electrons. The summed E-state index contributed by atoms with van der Waals surface area (Å²) in [4.78, 5) is 27.2. The summed E-state index contributed by atoms with van der Waals surface area (Å²) in [6.45, 7) is 6.80. The van der Waals surface area contributed by atoms with Crippen molar-refractivity contribution in [3.8, 4) is 0 Å². The normalized spacial score (nSPS) is 11.9. The highest BCUT2D eigenvalue weighted by molar-refractivity contribution is 7.99. The molecule has 0 fully saturated rings. The lowest BCUT2D eigenvalue weighted by Gasteiger charge is -2.29. The van der Waals surface area contributed by atoms with Crippen LogP contribution in [0.3, 0.4) is 0 Å². The van der Waals surface area contributed by atoms with E-state index in [2.05, 4.69) is 5.32 Å². The average molecular weight is 433 g/mol. The van der Waals surface area contributed by atoms with Gasteiger partial charge in [-0.05, 0) is 36.1 Å². The van der Waals surface area contributed by atoms with E-state index < -0.39 is 6.04 Å². The van der Waals surface area contributed by atoms with Crippen molar-refractivity contribution in [2.24, 2.45) is 5.92 Å². The lowest BCUT2D eigenvalue weighted by Crippen LogP contribution is -2.48. The molecule has 0 spiro atoms. The number of amides is 2. The van der Waals surface area contributed by atoms with Crippen LogP contribution in [0.4, 0.5) is 0 Å². The standard InChI is InChI=1S/C23H29ClN2O2S/c1-17(2)13-25-23(28)18(3)26(14-20-10-7-11-21(24)12-20)22(27)16-29-15-19-8-5-4-6-9-19/h4-12,17-18H,13-16H2,1-3H3,(H,25,28)/t18-/m1/s1. The van der Waals surface area contributed by atoms with Crippen LogP contribution in [0, 0.1) is 5.92 Å². The van der Waals surface area contributed by atoms with Gasteiger partial charge in [0.2, 0.25) is 11.8 Å². The largest absolute Gasteiger partial charge is 0.354 e. The topological polar surface area (TPSA) is 49.4 Å². The number of halogens is 1. The monoisotopic (exact) mass is 432 g/mol. The first-order valence-electron chi connectivity index (χ1n) is 9.80. The molecule has 0 saturated carbocycles. The molecular weight excluding hydrogens is 404 g/mol. The minimum Gasteiger partial charge on any atom is -0.354 e. The number of thioether (sulfide) groups is 1. The first kappa shape index (κ1) is 23.3. The minimum absolute atomic E-state index is 0.0573. The van der Waals surface area contributed by atoms with Crippen molar-refractivity contribution >= 4 is 35.2 Å². The van der Waals surface area contributed by atoms with Gasteiger partial charge in [-0.3, -0.25) is 9.59 Å². The van der Waals surface area contributed by atoms with Crippen molar-refractivity contribution in [1.29, 1.82) is 0 Å². The van der Waals surface area contributed by atoms with Crippen molar-refractivity contribution in [2.75, 3.05) is 12.3 Å². The highest BCUT2D eigenvalue weighted by atomic mass is 35.5. The number of carbonyl (C=O) groups excluding carboxylic acids is 2. The van der Waals surface area contributed by atoms with Crippen LogP contribution >= 0.6 is 23.4 Å². The summed E-state index contributed by atoms with van der Waals surface area (Å²) in [6, 6.07) is 16.9. The average Bonchev–Trinajstić information content (AvgIpc) is 2.70. The molecule has 1 N–H and O–H groups in total. The molecule has 0 saturated heterocycles. The van der Waals surface area contributed by atoms with Crippen molar-refractivity contribution in [3.63, 3.8) is 0 Å². The van der Waals surface area contributed by atoms with E-state index in [0.717, 1.165) is 11.3 Å². The van der Waals surface area contributed by atoms with E-state index in [0.29, 0.717) is 29.8 Å². The van der Waals surface area contributed by atoms with Crippen molar-refractivity contribution in [3.05, 3.63) is 70.7 Å². The maximum Gasteiger partial charge on any atom is 0.242 e. The van der Waals surface area contributed by atoms with E-state index in [1.807, 2.05) is 62.4 Å². The predicted molar refractivity (Wildman–Crippen MR) is 122 cm³/mol. The van der Waals surface area contributed by atoms with E-state index >= 15 is 0 Å². The van der Waals surface area contributed by atoms with Crippen LogP contribution in [0.5, 0.6) is 0 Å². The van der Waals surface area contributed by atoms with Crippen LogP contribution in [0.2, 0.25) is 5.02 Å². The summed E-state index contributed by atoms with van der Waals surface area (Å²) in [5.41, 5.74) is 2.08. The second kappa shape index (κ2) is 11.9. The molecule has 0 bridgehead atoms. The van der Waals surface area contributed by atoms with Crippen LogP contribution in [-0.2, 0) is 21.9 Å². The molecule has 0 aromatic heterocycles. The highest BCUT2D eigenvalue weighted by Crippen LogP contribution is 2.17. The summed E-state index contributed by atoms with van der Waals surface area (Å²) in [5.74, 6) is 1.23. The number of carbonyl (C=O) groups is 2. The van der Waals surface area contributed by atoms with Gasteiger partial charge in [0.15, 0.2) is 0 Å². The van der Waals surface area contributed by atoms with Gasteiger partial charge in [-0.1, -0.05) is 67.9 Å². The zero-order valence-electron chi connectivity index (χ0n) is 17.2. The Morgan fingerprint density at radius 2 is 1.72 bits per heavy atom. The lowest BCUT2D eigenvalue weighted by atomic mass is 10.1. The van der Waals surface area contributed by atoms with Gasteiger partial charge >= 0.3 is 0 Å². The molecule has 2 aromatic rings. The zero-order valence-corrected chi connectivity index (χ0v) is 18.8. The number of hydrogen-bond donors (Lipinski definition) is 1. The number of rotatable bonds is 10. The molecule has 156 valence electrons. The van der Waals surface area contributed by atoms with Gasteiger partial charge in [0, 0.05) is 23.9 Å². The van der Waals surface area contributed by atoms with Gasteiger partial charge in [-0.2, -0.15) is 0 Å². The second-order valence-electron chi connectivity index (χ2n) is 7.44. The van der Waals surface area contributed by atoms with Crippen molar-refractivity contribution in [1.82, 2.24) is 10.2 Å². The smallest absolute Gasteiger partial charge is 0.242 e. The molecule has 2 aromatic carbocycles. The number of hydrogen-bond acceptors (Lipinski definition) is 3. The third-order valence-corrected chi connectivity index (χ3v) is 5.65. The molecule has 29 heavy (non-hydrogen) atoms. The molecule has 2 amide bonds. The summed E-state index contributed by atoms with van der Waals surface area (Å²) in [6.07, 6.45) is 0. The van der Waals surface area contributed by atoms with Crippen LogP contribution in [-0.4, -0.2) is 35.1 Å². The Hall–Kier alpha value is -1.98. The highest BCUT2D eigenvalue weighted by Gasteiger charge is 2.26. The summed E-state index contributed by atoms with van der Waals surface area (Å²) in [7, 11) is 0. The SMILES string of the molecule is CC(C)CNC(=O)[C@@H](C)N(Cc1cccc(Cl)c1)C(=O)CSCc1ccccc1. The third kappa shape index (κ3) is 8.11. The molecule has 0 aliphatic heterocycles.